The zero-order chi connectivity index (χ0) is 11.1. The molecule has 3 heteroatoms. The number of ether oxygens (including phenoxy) is 1. The van der Waals surface area contributed by atoms with E-state index in [4.69, 9.17) is 4.74 Å². The van der Waals surface area contributed by atoms with Crippen LogP contribution in [0.25, 0.3) is 0 Å². The molecule has 0 unspecified atom stereocenters. The molecule has 3 atom stereocenters. The van der Waals surface area contributed by atoms with Gasteiger partial charge in [-0.05, 0) is 30.9 Å². The zero-order valence-electron chi connectivity index (χ0n) is 8.90. The maximum Gasteiger partial charge on any atom is 0.331 e. The molecule has 0 aromatic rings. The van der Waals surface area contributed by atoms with Crippen molar-refractivity contribution in [3.05, 3.63) is 23.8 Å². The Kier molecular flexibility index (Phi) is 2.25. The quantitative estimate of drug-likeness (QED) is 0.484. The highest BCUT2D eigenvalue weighted by atomic mass is 16.5. The van der Waals surface area contributed by atoms with Gasteiger partial charge in [-0.1, -0.05) is 13.0 Å². The lowest BCUT2D eigenvalue weighted by molar-refractivity contribution is -0.152. The molecule has 1 aliphatic carbocycles. The minimum absolute atomic E-state index is 0.197. The van der Waals surface area contributed by atoms with Crippen molar-refractivity contribution in [3.63, 3.8) is 0 Å². The van der Waals surface area contributed by atoms with Gasteiger partial charge in [0.2, 0.25) is 0 Å². The number of carbonyl (C=O) groups excluding carboxylic acids is 2. The first-order valence-electron chi connectivity index (χ1n) is 5.13. The molecule has 15 heavy (non-hydrogen) atoms. The van der Waals surface area contributed by atoms with Crippen molar-refractivity contribution < 1.29 is 14.3 Å². The van der Waals surface area contributed by atoms with Crippen molar-refractivity contribution in [1.82, 2.24) is 0 Å². The SMILES string of the molecule is C[C@@H]1CC=C2C=CC(=O)O[C@H]2[C@@]1(C)C=O. The van der Waals surface area contributed by atoms with Crippen molar-refractivity contribution >= 4 is 12.3 Å². The second kappa shape index (κ2) is 3.33. The van der Waals surface area contributed by atoms with Gasteiger partial charge in [0, 0.05) is 6.08 Å². The summed E-state index contributed by atoms with van der Waals surface area (Å²) in [5, 5.41) is 0. The monoisotopic (exact) mass is 206 g/mol. The van der Waals surface area contributed by atoms with Crippen LogP contribution in [0.3, 0.4) is 0 Å². The van der Waals surface area contributed by atoms with E-state index in [1.165, 1.54) is 6.08 Å². The molecule has 0 radical (unpaired) electrons. The Morgan fingerprint density at radius 3 is 2.93 bits per heavy atom. The number of allylic oxidation sites excluding steroid dienone is 1. The second-order valence-electron chi connectivity index (χ2n) is 4.48. The van der Waals surface area contributed by atoms with Crippen LogP contribution < -0.4 is 0 Å². The number of rotatable bonds is 1. The van der Waals surface area contributed by atoms with E-state index in [1.54, 1.807) is 6.08 Å². The number of fused-ring (bicyclic) bond motifs is 1. The Labute approximate surface area is 88.8 Å². The van der Waals surface area contributed by atoms with Crippen LogP contribution >= 0.6 is 0 Å². The molecular formula is C12H14O3. The number of aldehydes is 1. The fraction of sp³-hybridized carbons (Fsp3) is 0.500. The van der Waals surface area contributed by atoms with Crippen molar-refractivity contribution in [2.45, 2.75) is 26.4 Å². The first-order chi connectivity index (χ1) is 7.08. The third kappa shape index (κ3) is 1.42. The molecule has 0 aromatic heterocycles. The molecule has 80 valence electrons. The summed E-state index contributed by atoms with van der Waals surface area (Å²) < 4.78 is 5.24. The van der Waals surface area contributed by atoms with Crippen molar-refractivity contribution in [2.75, 3.05) is 0 Å². The normalized spacial score (nSPS) is 39.1. The van der Waals surface area contributed by atoms with Gasteiger partial charge in [-0.3, -0.25) is 0 Å². The Morgan fingerprint density at radius 1 is 1.53 bits per heavy atom. The fourth-order valence-corrected chi connectivity index (χ4v) is 2.14. The van der Waals surface area contributed by atoms with Crippen LogP contribution in [-0.2, 0) is 14.3 Å². The predicted molar refractivity (Wildman–Crippen MR) is 55.1 cm³/mol. The van der Waals surface area contributed by atoms with Gasteiger partial charge in [0.15, 0.2) is 0 Å². The standard InChI is InChI=1S/C12H14O3/c1-8-3-4-9-5-6-10(14)15-11(9)12(8,2)7-13/h4-8,11H,3H2,1-2H3/t8-,11-,12+/m1/s1. The molecule has 0 aromatic carbocycles. The van der Waals surface area contributed by atoms with Gasteiger partial charge in [-0.25, -0.2) is 4.79 Å². The summed E-state index contributed by atoms with van der Waals surface area (Å²) in [6.07, 6.45) is 6.57. The van der Waals surface area contributed by atoms with E-state index in [0.717, 1.165) is 18.3 Å². The van der Waals surface area contributed by atoms with Gasteiger partial charge in [0.05, 0.1) is 5.41 Å². The lowest BCUT2D eigenvalue weighted by Gasteiger charge is -2.41. The smallest absolute Gasteiger partial charge is 0.331 e. The molecule has 0 N–H and O–H groups in total. The van der Waals surface area contributed by atoms with Crippen LogP contribution in [0.15, 0.2) is 23.8 Å². The van der Waals surface area contributed by atoms with E-state index < -0.39 is 11.5 Å². The van der Waals surface area contributed by atoms with Crippen LogP contribution in [0.2, 0.25) is 0 Å². The first kappa shape index (κ1) is 10.1. The summed E-state index contributed by atoms with van der Waals surface area (Å²) in [6, 6.07) is 0. The second-order valence-corrected chi connectivity index (χ2v) is 4.48. The number of hydrogen-bond donors (Lipinski definition) is 0. The molecular weight excluding hydrogens is 192 g/mol. The minimum Gasteiger partial charge on any atom is -0.453 e. The topological polar surface area (TPSA) is 43.4 Å². The molecule has 3 nitrogen and oxygen atoms in total. The summed E-state index contributed by atoms with van der Waals surface area (Å²) >= 11 is 0. The van der Waals surface area contributed by atoms with Crippen molar-refractivity contribution in [3.8, 4) is 0 Å². The maximum atomic E-state index is 11.2. The third-order valence-corrected chi connectivity index (χ3v) is 3.54. The Bertz CT molecular complexity index is 367. The Morgan fingerprint density at radius 2 is 2.27 bits per heavy atom. The molecule has 0 bridgehead atoms. The molecule has 1 heterocycles. The van der Waals surface area contributed by atoms with Crippen LogP contribution in [0.5, 0.6) is 0 Å². The molecule has 0 fully saturated rings. The highest BCUT2D eigenvalue weighted by molar-refractivity contribution is 5.85. The van der Waals surface area contributed by atoms with Crippen molar-refractivity contribution in [2.24, 2.45) is 11.3 Å². The van der Waals surface area contributed by atoms with Gasteiger partial charge < -0.3 is 9.53 Å². The van der Waals surface area contributed by atoms with E-state index >= 15 is 0 Å². The zero-order valence-corrected chi connectivity index (χ0v) is 8.90. The van der Waals surface area contributed by atoms with E-state index in [2.05, 4.69) is 0 Å². The van der Waals surface area contributed by atoms with E-state index in [-0.39, 0.29) is 11.9 Å². The lowest BCUT2D eigenvalue weighted by atomic mass is 9.67. The molecule has 0 amide bonds. The van der Waals surface area contributed by atoms with Crippen LogP contribution in [0, 0.1) is 11.3 Å². The molecule has 0 spiro atoms. The molecule has 2 aliphatic rings. The molecule has 1 aliphatic heterocycles. The maximum absolute atomic E-state index is 11.2. The molecule has 0 saturated carbocycles. The van der Waals surface area contributed by atoms with Crippen LogP contribution in [-0.4, -0.2) is 18.4 Å². The average molecular weight is 206 g/mol. The first-order valence-corrected chi connectivity index (χ1v) is 5.13. The number of esters is 1. The van der Waals surface area contributed by atoms with Gasteiger partial charge in [-0.15, -0.1) is 0 Å². The third-order valence-electron chi connectivity index (χ3n) is 3.54. The summed E-state index contributed by atoms with van der Waals surface area (Å²) in [4.78, 5) is 22.4. The van der Waals surface area contributed by atoms with Gasteiger partial charge >= 0.3 is 5.97 Å². The summed E-state index contributed by atoms with van der Waals surface area (Å²) in [5.74, 6) is -0.164. The molecule has 2 rings (SSSR count). The Balaban J connectivity index is 2.44. The van der Waals surface area contributed by atoms with Crippen LogP contribution in [0.4, 0.5) is 0 Å². The largest absolute Gasteiger partial charge is 0.453 e. The van der Waals surface area contributed by atoms with Gasteiger partial charge in [0.25, 0.3) is 0 Å². The Hall–Kier alpha value is -1.38. The van der Waals surface area contributed by atoms with Crippen molar-refractivity contribution in [1.29, 1.82) is 0 Å². The highest BCUT2D eigenvalue weighted by Gasteiger charge is 2.46. The fourth-order valence-electron chi connectivity index (χ4n) is 2.14. The number of carbonyl (C=O) groups is 2. The summed E-state index contributed by atoms with van der Waals surface area (Å²) in [6.45, 7) is 3.86. The minimum atomic E-state index is -0.593. The van der Waals surface area contributed by atoms with Gasteiger partial charge in [-0.2, -0.15) is 0 Å². The highest BCUT2D eigenvalue weighted by Crippen LogP contribution is 2.42. The predicted octanol–water partition coefficient (Wildman–Crippen LogP) is 1.64. The van der Waals surface area contributed by atoms with Crippen LogP contribution in [0.1, 0.15) is 20.3 Å². The van der Waals surface area contributed by atoms with E-state index in [1.807, 2.05) is 19.9 Å². The number of hydrogen-bond acceptors (Lipinski definition) is 3. The van der Waals surface area contributed by atoms with E-state index in [9.17, 15) is 9.59 Å². The lowest BCUT2D eigenvalue weighted by Crippen LogP contribution is -2.46. The van der Waals surface area contributed by atoms with E-state index in [0.29, 0.717) is 0 Å². The summed E-state index contributed by atoms with van der Waals surface area (Å²) in [7, 11) is 0. The average Bonchev–Trinajstić information content (AvgIpc) is 2.24. The van der Waals surface area contributed by atoms with Gasteiger partial charge in [0.1, 0.15) is 12.4 Å². The molecule has 0 saturated heterocycles. The summed E-state index contributed by atoms with van der Waals surface area (Å²) in [5.41, 5.74) is 0.354.